The zero-order chi connectivity index (χ0) is 14.8. The molecular weight excluding hydrogens is 248 g/mol. The van der Waals surface area contributed by atoms with Gasteiger partial charge in [-0.1, -0.05) is 31.2 Å². The molecule has 20 heavy (non-hydrogen) atoms. The average Bonchev–Trinajstić information content (AvgIpc) is 2.47. The fourth-order valence-corrected chi connectivity index (χ4v) is 1.98. The third-order valence-electron chi connectivity index (χ3n) is 2.86. The first-order valence-electron chi connectivity index (χ1n) is 6.85. The van der Waals surface area contributed by atoms with Crippen molar-refractivity contribution in [1.29, 1.82) is 5.26 Å². The fourth-order valence-electron chi connectivity index (χ4n) is 1.98. The highest BCUT2D eigenvalue weighted by molar-refractivity contribution is 5.33. The molecule has 0 aliphatic carbocycles. The zero-order valence-corrected chi connectivity index (χ0v) is 12.1. The summed E-state index contributed by atoms with van der Waals surface area (Å²) in [5.74, 6) is 0.807. The zero-order valence-electron chi connectivity index (χ0n) is 12.1. The van der Waals surface area contributed by atoms with E-state index in [4.69, 9.17) is 4.74 Å². The summed E-state index contributed by atoms with van der Waals surface area (Å²) >= 11 is 0. The quantitative estimate of drug-likeness (QED) is 0.642. The van der Waals surface area contributed by atoms with E-state index in [1.54, 1.807) is 12.2 Å². The number of hydrogen-bond donors (Lipinski definition) is 0. The molecular formula is C17H22N2O. The van der Waals surface area contributed by atoms with E-state index >= 15 is 0 Å². The SMILES string of the molecule is C=CCN(CC=C)C(C#N)c1cccc(OCCC)c1. The monoisotopic (exact) mass is 270 g/mol. The van der Waals surface area contributed by atoms with Crippen molar-refractivity contribution in [3.8, 4) is 11.8 Å². The van der Waals surface area contributed by atoms with Crippen molar-refractivity contribution < 1.29 is 4.74 Å². The van der Waals surface area contributed by atoms with Crippen LogP contribution in [0.25, 0.3) is 0 Å². The summed E-state index contributed by atoms with van der Waals surface area (Å²) in [6, 6.07) is 9.74. The van der Waals surface area contributed by atoms with Gasteiger partial charge in [0.25, 0.3) is 0 Å². The lowest BCUT2D eigenvalue weighted by Gasteiger charge is -2.25. The van der Waals surface area contributed by atoms with Gasteiger partial charge >= 0.3 is 0 Å². The van der Waals surface area contributed by atoms with Crippen LogP contribution >= 0.6 is 0 Å². The standard InChI is InChI=1S/C17H22N2O/c1-4-10-19(11-5-2)17(14-18)15-8-7-9-16(13-15)20-12-6-3/h4-5,7-9,13,17H,1-2,6,10-12H2,3H3. The predicted octanol–water partition coefficient (Wildman–Crippen LogP) is 3.71. The summed E-state index contributed by atoms with van der Waals surface area (Å²) in [5.41, 5.74) is 0.935. The van der Waals surface area contributed by atoms with Crippen molar-refractivity contribution in [2.24, 2.45) is 0 Å². The predicted molar refractivity (Wildman–Crippen MR) is 82.5 cm³/mol. The van der Waals surface area contributed by atoms with Crippen molar-refractivity contribution in [1.82, 2.24) is 4.90 Å². The van der Waals surface area contributed by atoms with Gasteiger partial charge in [0.05, 0.1) is 12.7 Å². The highest BCUT2D eigenvalue weighted by atomic mass is 16.5. The second-order valence-corrected chi connectivity index (χ2v) is 4.48. The number of hydrogen-bond acceptors (Lipinski definition) is 3. The largest absolute Gasteiger partial charge is 0.494 e. The van der Waals surface area contributed by atoms with Crippen molar-refractivity contribution in [3.05, 3.63) is 55.1 Å². The van der Waals surface area contributed by atoms with Crippen LogP contribution in [0.5, 0.6) is 5.75 Å². The third-order valence-corrected chi connectivity index (χ3v) is 2.86. The van der Waals surface area contributed by atoms with Crippen LogP contribution in [0, 0.1) is 11.3 Å². The molecule has 0 amide bonds. The van der Waals surface area contributed by atoms with Crippen LogP contribution in [0.1, 0.15) is 24.9 Å². The van der Waals surface area contributed by atoms with Crippen LogP contribution < -0.4 is 4.74 Å². The van der Waals surface area contributed by atoms with E-state index in [9.17, 15) is 5.26 Å². The van der Waals surface area contributed by atoms with Gasteiger partial charge in [0.15, 0.2) is 0 Å². The molecule has 0 radical (unpaired) electrons. The molecule has 0 fully saturated rings. The van der Waals surface area contributed by atoms with E-state index in [1.165, 1.54) is 0 Å². The van der Waals surface area contributed by atoms with E-state index in [0.717, 1.165) is 17.7 Å². The summed E-state index contributed by atoms with van der Waals surface area (Å²) in [6.07, 6.45) is 4.56. The second-order valence-electron chi connectivity index (χ2n) is 4.48. The number of benzene rings is 1. The fraction of sp³-hybridized carbons (Fsp3) is 0.353. The molecule has 0 N–H and O–H groups in total. The topological polar surface area (TPSA) is 36.3 Å². The first-order valence-corrected chi connectivity index (χ1v) is 6.85. The van der Waals surface area contributed by atoms with E-state index in [2.05, 4.69) is 26.2 Å². The normalized spacial score (nSPS) is 11.7. The van der Waals surface area contributed by atoms with Gasteiger partial charge in [-0.05, 0) is 24.1 Å². The minimum absolute atomic E-state index is 0.323. The van der Waals surface area contributed by atoms with Gasteiger partial charge in [0, 0.05) is 13.1 Å². The highest BCUT2D eigenvalue weighted by Gasteiger charge is 2.18. The molecule has 0 aliphatic rings. The summed E-state index contributed by atoms with van der Waals surface area (Å²) in [6.45, 7) is 11.5. The maximum atomic E-state index is 9.47. The van der Waals surface area contributed by atoms with Crippen LogP contribution in [0.4, 0.5) is 0 Å². The van der Waals surface area contributed by atoms with Gasteiger partial charge in [0.2, 0.25) is 0 Å². The summed E-state index contributed by atoms with van der Waals surface area (Å²) in [4.78, 5) is 2.01. The lowest BCUT2D eigenvalue weighted by atomic mass is 10.1. The third kappa shape index (κ3) is 4.56. The van der Waals surface area contributed by atoms with Crippen LogP contribution in [-0.4, -0.2) is 24.6 Å². The maximum absolute atomic E-state index is 9.47. The smallest absolute Gasteiger partial charge is 0.124 e. The van der Waals surface area contributed by atoms with Gasteiger partial charge in [-0.2, -0.15) is 5.26 Å². The molecule has 0 bridgehead atoms. The number of nitrogens with zero attached hydrogens (tertiary/aromatic N) is 2. The Labute approximate surface area is 121 Å². The van der Waals surface area contributed by atoms with E-state index < -0.39 is 0 Å². The molecule has 0 spiro atoms. The molecule has 0 heterocycles. The Morgan fingerprint density at radius 1 is 1.35 bits per heavy atom. The number of nitriles is 1. The van der Waals surface area contributed by atoms with Crippen LogP contribution in [0.3, 0.4) is 0 Å². The van der Waals surface area contributed by atoms with Gasteiger partial charge < -0.3 is 4.74 Å². The number of rotatable bonds is 9. The number of ether oxygens (including phenoxy) is 1. The Hall–Kier alpha value is -2.05. The molecule has 1 rings (SSSR count). The summed E-state index contributed by atoms with van der Waals surface area (Å²) in [5, 5.41) is 9.47. The lowest BCUT2D eigenvalue weighted by Crippen LogP contribution is -2.28. The second kappa shape index (κ2) is 8.95. The first-order chi connectivity index (χ1) is 9.76. The van der Waals surface area contributed by atoms with Crippen molar-refractivity contribution in [2.75, 3.05) is 19.7 Å². The Morgan fingerprint density at radius 3 is 2.60 bits per heavy atom. The summed E-state index contributed by atoms with van der Waals surface area (Å²) < 4.78 is 5.62. The van der Waals surface area contributed by atoms with Crippen LogP contribution in [0.15, 0.2) is 49.6 Å². The van der Waals surface area contributed by atoms with Gasteiger partial charge in [-0.25, -0.2) is 0 Å². The van der Waals surface area contributed by atoms with Gasteiger partial charge in [0.1, 0.15) is 11.8 Å². The molecule has 3 nitrogen and oxygen atoms in total. The summed E-state index contributed by atoms with van der Waals surface area (Å²) in [7, 11) is 0. The molecule has 0 saturated carbocycles. The Kier molecular flexibility index (Phi) is 7.16. The van der Waals surface area contributed by atoms with E-state index in [-0.39, 0.29) is 6.04 Å². The van der Waals surface area contributed by atoms with Crippen LogP contribution in [0.2, 0.25) is 0 Å². The maximum Gasteiger partial charge on any atom is 0.124 e. The molecule has 106 valence electrons. The minimum atomic E-state index is -0.323. The highest BCUT2D eigenvalue weighted by Crippen LogP contribution is 2.24. The van der Waals surface area contributed by atoms with E-state index in [0.29, 0.717) is 19.7 Å². The molecule has 1 aromatic rings. The van der Waals surface area contributed by atoms with Crippen LogP contribution in [-0.2, 0) is 0 Å². The Bertz CT molecular complexity index is 466. The first kappa shape index (κ1) is 16.0. The molecule has 0 saturated heterocycles. The van der Waals surface area contributed by atoms with Crippen molar-refractivity contribution in [3.63, 3.8) is 0 Å². The minimum Gasteiger partial charge on any atom is -0.494 e. The van der Waals surface area contributed by atoms with Crippen molar-refractivity contribution in [2.45, 2.75) is 19.4 Å². The average molecular weight is 270 g/mol. The molecule has 0 aliphatic heterocycles. The van der Waals surface area contributed by atoms with E-state index in [1.807, 2.05) is 29.2 Å². The van der Waals surface area contributed by atoms with Crippen molar-refractivity contribution >= 4 is 0 Å². The van der Waals surface area contributed by atoms with Gasteiger partial charge in [-0.15, -0.1) is 13.2 Å². The molecule has 3 heteroatoms. The molecule has 1 atom stereocenters. The molecule has 1 aromatic carbocycles. The van der Waals surface area contributed by atoms with Gasteiger partial charge in [-0.3, -0.25) is 4.90 Å². The lowest BCUT2D eigenvalue weighted by molar-refractivity contribution is 0.288. The molecule has 1 unspecified atom stereocenters. The Balaban J connectivity index is 2.95. The Morgan fingerprint density at radius 2 is 2.05 bits per heavy atom. The molecule has 0 aromatic heterocycles.